The van der Waals surface area contributed by atoms with Gasteiger partial charge in [-0.3, -0.25) is 4.79 Å². The lowest BCUT2D eigenvalue weighted by molar-refractivity contribution is 0.111. The molecular formula is C13H13NO. The number of benzene rings is 1. The molecule has 0 N–H and O–H groups in total. The predicted octanol–water partition coefficient (Wildman–Crippen LogP) is 2.81. The van der Waals surface area contributed by atoms with Crippen LogP contribution < -0.4 is 0 Å². The summed E-state index contributed by atoms with van der Waals surface area (Å²) in [6.45, 7) is 2.02. The molecule has 76 valence electrons. The van der Waals surface area contributed by atoms with E-state index in [2.05, 4.69) is 12.1 Å². The highest BCUT2D eigenvalue weighted by Crippen LogP contribution is 2.25. The third-order valence-corrected chi connectivity index (χ3v) is 2.63. The first-order valence-electron chi connectivity index (χ1n) is 4.91. The molecule has 0 fully saturated rings. The second-order valence-electron chi connectivity index (χ2n) is 3.64. The number of carbonyl (C=O) groups excluding carboxylic acids is 1. The maximum atomic E-state index is 10.8. The van der Waals surface area contributed by atoms with Crippen LogP contribution in [0.1, 0.15) is 16.1 Å². The average Bonchev–Trinajstić information content (AvgIpc) is 2.55. The van der Waals surface area contributed by atoms with Crippen molar-refractivity contribution < 1.29 is 4.79 Å². The summed E-state index contributed by atoms with van der Waals surface area (Å²) >= 11 is 0. The number of aldehydes is 1. The van der Waals surface area contributed by atoms with Crippen LogP contribution in [0.4, 0.5) is 0 Å². The van der Waals surface area contributed by atoms with Crippen LogP contribution >= 0.6 is 0 Å². The van der Waals surface area contributed by atoms with E-state index in [9.17, 15) is 4.79 Å². The molecule has 0 unspecified atom stereocenters. The molecule has 0 atom stereocenters. The van der Waals surface area contributed by atoms with Crippen molar-refractivity contribution in [2.45, 2.75) is 6.92 Å². The van der Waals surface area contributed by atoms with Gasteiger partial charge in [0.05, 0.1) is 11.4 Å². The largest absolute Gasteiger partial charge is 0.341 e. The Labute approximate surface area is 89.2 Å². The molecule has 0 saturated carbocycles. The predicted molar refractivity (Wildman–Crippen MR) is 61.0 cm³/mol. The molecule has 1 heterocycles. The van der Waals surface area contributed by atoms with Crippen LogP contribution in [0.3, 0.4) is 0 Å². The number of nitrogens with zero attached hydrogens (tertiary/aromatic N) is 1. The zero-order valence-corrected chi connectivity index (χ0v) is 8.90. The zero-order valence-electron chi connectivity index (χ0n) is 8.90. The Balaban J connectivity index is 2.63. The standard InChI is InChI=1S/C13H13NO/c1-10-8-12(9-15)14(2)13(10)11-6-4-3-5-7-11/h3-9H,1-2H3. The highest BCUT2D eigenvalue weighted by molar-refractivity contribution is 5.78. The molecule has 2 heteroatoms. The summed E-state index contributed by atoms with van der Waals surface area (Å²) in [5.74, 6) is 0. The van der Waals surface area contributed by atoms with Crippen molar-refractivity contribution in [3.8, 4) is 11.3 Å². The molecule has 0 spiro atoms. The number of aryl methyl sites for hydroxylation is 1. The molecule has 1 aromatic heterocycles. The van der Waals surface area contributed by atoms with E-state index in [1.807, 2.05) is 42.8 Å². The molecular weight excluding hydrogens is 186 g/mol. The van der Waals surface area contributed by atoms with Gasteiger partial charge in [0.25, 0.3) is 0 Å². The van der Waals surface area contributed by atoms with Crippen LogP contribution in [0, 0.1) is 6.92 Å². The fraction of sp³-hybridized carbons (Fsp3) is 0.154. The monoisotopic (exact) mass is 199 g/mol. The Morgan fingerprint density at radius 1 is 1.20 bits per heavy atom. The molecule has 0 saturated heterocycles. The van der Waals surface area contributed by atoms with Crippen LogP contribution in [0.25, 0.3) is 11.3 Å². The lowest BCUT2D eigenvalue weighted by Gasteiger charge is -2.05. The van der Waals surface area contributed by atoms with Crippen molar-refractivity contribution in [3.63, 3.8) is 0 Å². The molecule has 1 aromatic carbocycles. The summed E-state index contributed by atoms with van der Waals surface area (Å²) in [6, 6.07) is 12.0. The highest BCUT2D eigenvalue weighted by Gasteiger charge is 2.09. The fourth-order valence-corrected chi connectivity index (χ4v) is 1.91. The first-order valence-corrected chi connectivity index (χ1v) is 4.91. The molecule has 0 aliphatic carbocycles. The van der Waals surface area contributed by atoms with Crippen LogP contribution in [0.2, 0.25) is 0 Å². The lowest BCUT2D eigenvalue weighted by Crippen LogP contribution is -1.96. The molecule has 15 heavy (non-hydrogen) atoms. The summed E-state index contributed by atoms with van der Waals surface area (Å²) in [5.41, 5.74) is 4.10. The van der Waals surface area contributed by atoms with E-state index in [1.54, 1.807) is 0 Å². The van der Waals surface area contributed by atoms with Crippen LogP contribution in [-0.4, -0.2) is 10.9 Å². The van der Waals surface area contributed by atoms with Gasteiger partial charge in [0, 0.05) is 7.05 Å². The quantitative estimate of drug-likeness (QED) is 0.682. The Morgan fingerprint density at radius 2 is 1.87 bits per heavy atom. The van der Waals surface area contributed by atoms with Crippen LogP contribution in [-0.2, 0) is 7.05 Å². The van der Waals surface area contributed by atoms with Crippen molar-refractivity contribution in [3.05, 3.63) is 47.7 Å². The molecule has 0 radical (unpaired) electrons. The SMILES string of the molecule is Cc1cc(C=O)n(C)c1-c1ccccc1. The highest BCUT2D eigenvalue weighted by atomic mass is 16.1. The van der Waals surface area contributed by atoms with Crippen molar-refractivity contribution in [2.75, 3.05) is 0 Å². The van der Waals surface area contributed by atoms with Crippen molar-refractivity contribution in [2.24, 2.45) is 7.05 Å². The van der Waals surface area contributed by atoms with Gasteiger partial charge in [0.2, 0.25) is 0 Å². The van der Waals surface area contributed by atoms with E-state index in [-0.39, 0.29) is 0 Å². The minimum absolute atomic E-state index is 0.714. The fourth-order valence-electron chi connectivity index (χ4n) is 1.91. The Morgan fingerprint density at radius 3 is 2.40 bits per heavy atom. The number of hydrogen-bond donors (Lipinski definition) is 0. The number of hydrogen-bond acceptors (Lipinski definition) is 1. The number of rotatable bonds is 2. The summed E-state index contributed by atoms with van der Waals surface area (Å²) in [5, 5.41) is 0. The first-order chi connectivity index (χ1) is 7.24. The van der Waals surface area contributed by atoms with Gasteiger partial charge < -0.3 is 4.57 Å². The maximum Gasteiger partial charge on any atom is 0.166 e. The van der Waals surface area contributed by atoms with E-state index >= 15 is 0 Å². The molecule has 2 rings (SSSR count). The van der Waals surface area contributed by atoms with Gasteiger partial charge in [-0.1, -0.05) is 30.3 Å². The first kappa shape index (κ1) is 9.71. The minimum atomic E-state index is 0.714. The molecule has 0 aliphatic rings. The summed E-state index contributed by atoms with van der Waals surface area (Å²) in [7, 11) is 1.92. The van der Waals surface area contributed by atoms with Gasteiger partial charge in [-0.15, -0.1) is 0 Å². The maximum absolute atomic E-state index is 10.8. The van der Waals surface area contributed by atoms with Gasteiger partial charge in [0.1, 0.15) is 0 Å². The topological polar surface area (TPSA) is 22.0 Å². The van der Waals surface area contributed by atoms with Gasteiger partial charge in [-0.2, -0.15) is 0 Å². The van der Waals surface area contributed by atoms with Crippen LogP contribution in [0.5, 0.6) is 0 Å². The van der Waals surface area contributed by atoms with Crippen molar-refractivity contribution in [1.82, 2.24) is 4.57 Å². The lowest BCUT2D eigenvalue weighted by atomic mass is 10.1. The minimum Gasteiger partial charge on any atom is -0.341 e. The van der Waals surface area contributed by atoms with Gasteiger partial charge >= 0.3 is 0 Å². The van der Waals surface area contributed by atoms with Crippen molar-refractivity contribution in [1.29, 1.82) is 0 Å². The molecule has 2 aromatic rings. The van der Waals surface area contributed by atoms with E-state index < -0.39 is 0 Å². The molecule has 2 nitrogen and oxygen atoms in total. The molecule has 0 bridgehead atoms. The van der Waals surface area contributed by atoms with E-state index in [0.29, 0.717) is 5.69 Å². The second kappa shape index (κ2) is 3.73. The number of carbonyl (C=O) groups is 1. The Bertz CT molecular complexity index is 483. The van der Waals surface area contributed by atoms with E-state index in [1.165, 1.54) is 0 Å². The van der Waals surface area contributed by atoms with Crippen molar-refractivity contribution >= 4 is 6.29 Å². The smallest absolute Gasteiger partial charge is 0.166 e. The molecule has 0 amide bonds. The number of aromatic nitrogens is 1. The van der Waals surface area contributed by atoms with Gasteiger partial charge in [-0.25, -0.2) is 0 Å². The average molecular weight is 199 g/mol. The summed E-state index contributed by atoms with van der Waals surface area (Å²) in [4.78, 5) is 10.8. The summed E-state index contributed by atoms with van der Waals surface area (Å²) in [6.07, 6.45) is 0.888. The van der Waals surface area contributed by atoms with Gasteiger partial charge in [-0.05, 0) is 24.1 Å². The normalized spacial score (nSPS) is 10.3. The van der Waals surface area contributed by atoms with E-state index in [4.69, 9.17) is 0 Å². The van der Waals surface area contributed by atoms with Crippen LogP contribution in [0.15, 0.2) is 36.4 Å². The third kappa shape index (κ3) is 1.59. The Hall–Kier alpha value is -1.83. The second-order valence-corrected chi connectivity index (χ2v) is 3.64. The van der Waals surface area contributed by atoms with E-state index in [0.717, 1.165) is 23.1 Å². The Kier molecular flexibility index (Phi) is 2.42. The third-order valence-electron chi connectivity index (χ3n) is 2.63. The molecule has 0 aliphatic heterocycles. The summed E-state index contributed by atoms with van der Waals surface area (Å²) < 4.78 is 1.93. The van der Waals surface area contributed by atoms with Gasteiger partial charge in [0.15, 0.2) is 6.29 Å². The zero-order chi connectivity index (χ0) is 10.8.